The van der Waals surface area contributed by atoms with Crippen molar-refractivity contribution >= 4 is 27.3 Å². The third-order valence-corrected chi connectivity index (χ3v) is 5.60. The Kier molecular flexibility index (Phi) is 6.09. The highest BCUT2D eigenvalue weighted by Gasteiger charge is 2.32. The second-order valence-electron chi connectivity index (χ2n) is 6.81. The van der Waals surface area contributed by atoms with Crippen molar-refractivity contribution in [2.24, 2.45) is 11.3 Å². The van der Waals surface area contributed by atoms with Crippen molar-refractivity contribution in [3.05, 3.63) is 20.8 Å². The van der Waals surface area contributed by atoms with Crippen LogP contribution in [0.2, 0.25) is 0 Å². The van der Waals surface area contributed by atoms with Crippen molar-refractivity contribution in [3.63, 3.8) is 0 Å². The molecule has 1 aromatic rings. The Hall–Kier alpha value is 0.1000. The van der Waals surface area contributed by atoms with E-state index >= 15 is 0 Å². The smallest absolute Gasteiger partial charge is 0.0594 e. The molecule has 0 aliphatic heterocycles. The zero-order valence-electron chi connectivity index (χ0n) is 12.7. The highest BCUT2D eigenvalue weighted by Crippen LogP contribution is 2.39. The summed E-state index contributed by atoms with van der Waals surface area (Å²) in [5.41, 5.74) is 0.443. The van der Waals surface area contributed by atoms with Crippen LogP contribution in [0.1, 0.15) is 44.9 Å². The SMILES string of the molecule is CC1CC(OCCNCc2cc(Br)cs2)CC(C)(C)C1. The van der Waals surface area contributed by atoms with E-state index < -0.39 is 0 Å². The predicted molar refractivity (Wildman–Crippen MR) is 90.3 cm³/mol. The molecule has 2 atom stereocenters. The van der Waals surface area contributed by atoms with Crippen molar-refractivity contribution in [2.45, 2.75) is 52.7 Å². The van der Waals surface area contributed by atoms with Gasteiger partial charge in [0.15, 0.2) is 0 Å². The number of hydrogen-bond acceptors (Lipinski definition) is 3. The van der Waals surface area contributed by atoms with Crippen LogP contribution in [0.5, 0.6) is 0 Å². The lowest BCUT2D eigenvalue weighted by molar-refractivity contribution is -0.0213. The number of rotatable bonds is 6. The highest BCUT2D eigenvalue weighted by molar-refractivity contribution is 9.10. The van der Waals surface area contributed by atoms with Gasteiger partial charge < -0.3 is 10.1 Å². The Balaban J connectivity index is 1.61. The third kappa shape index (κ3) is 5.47. The molecule has 0 radical (unpaired) electrons. The van der Waals surface area contributed by atoms with E-state index in [0.29, 0.717) is 11.5 Å². The lowest BCUT2D eigenvalue weighted by Crippen LogP contribution is -2.34. The molecule has 2 nitrogen and oxygen atoms in total. The maximum Gasteiger partial charge on any atom is 0.0594 e. The zero-order valence-corrected chi connectivity index (χ0v) is 15.1. The zero-order chi connectivity index (χ0) is 14.6. The van der Waals surface area contributed by atoms with Crippen LogP contribution in [0.4, 0.5) is 0 Å². The Morgan fingerprint density at radius 2 is 2.25 bits per heavy atom. The monoisotopic (exact) mass is 359 g/mol. The average Bonchev–Trinajstić information content (AvgIpc) is 2.72. The Bertz CT molecular complexity index is 418. The molecule has 20 heavy (non-hydrogen) atoms. The van der Waals surface area contributed by atoms with Crippen LogP contribution in [0.25, 0.3) is 0 Å². The molecule has 0 aromatic carbocycles. The van der Waals surface area contributed by atoms with Gasteiger partial charge in [-0.2, -0.15) is 0 Å². The highest BCUT2D eigenvalue weighted by atomic mass is 79.9. The van der Waals surface area contributed by atoms with Crippen LogP contribution in [0.3, 0.4) is 0 Å². The van der Waals surface area contributed by atoms with Crippen molar-refractivity contribution in [3.8, 4) is 0 Å². The average molecular weight is 360 g/mol. The normalized spacial score (nSPS) is 25.8. The maximum atomic E-state index is 6.06. The summed E-state index contributed by atoms with van der Waals surface area (Å²) in [6, 6.07) is 2.17. The Labute approximate surface area is 135 Å². The van der Waals surface area contributed by atoms with Gasteiger partial charge in [-0.15, -0.1) is 11.3 Å². The molecule has 1 fully saturated rings. The summed E-state index contributed by atoms with van der Waals surface area (Å²) >= 11 is 5.27. The lowest BCUT2D eigenvalue weighted by atomic mass is 9.71. The van der Waals surface area contributed by atoms with Crippen LogP contribution in [-0.2, 0) is 11.3 Å². The standard InChI is InChI=1S/C16H26BrNOS/c1-12-6-14(9-16(2,3)8-12)19-5-4-18-10-15-7-13(17)11-20-15/h7,11-12,14,18H,4-6,8-10H2,1-3H3. The quantitative estimate of drug-likeness (QED) is 0.734. The van der Waals surface area contributed by atoms with Gasteiger partial charge in [-0.05, 0) is 52.6 Å². The van der Waals surface area contributed by atoms with E-state index in [4.69, 9.17) is 4.74 Å². The second-order valence-corrected chi connectivity index (χ2v) is 8.73. The van der Waals surface area contributed by atoms with Gasteiger partial charge >= 0.3 is 0 Å². The van der Waals surface area contributed by atoms with Gasteiger partial charge in [0.05, 0.1) is 12.7 Å². The van der Waals surface area contributed by atoms with Crippen LogP contribution in [0, 0.1) is 11.3 Å². The molecule has 2 rings (SSSR count). The molecule has 1 aliphatic carbocycles. The van der Waals surface area contributed by atoms with Crippen molar-refractivity contribution < 1.29 is 4.74 Å². The molecule has 0 amide bonds. The van der Waals surface area contributed by atoms with Crippen LogP contribution in [0.15, 0.2) is 15.9 Å². The van der Waals surface area contributed by atoms with Gasteiger partial charge in [0.25, 0.3) is 0 Å². The van der Waals surface area contributed by atoms with Crippen molar-refractivity contribution in [2.75, 3.05) is 13.2 Å². The summed E-state index contributed by atoms with van der Waals surface area (Å²) in [5, 5.41) is 5.58. The molecule has 2 unspecified atom stereocenters. The number of thiophene rings is 1. The van der Waals surface area contributed by atoms with Gasteiger partial charge in [0.1, 0.15) is 0 Å². The minimum absolute atomic E-state index is 0.443. The van der Waals surface area contributed by atoms with E-state index in [1.165, 1.54) is 28.6 Å². The lowest BCUT2D eigenvalue weighted by Gasteiger charge is -2.38. The van der Waals surface area contributed by atoms with Crippen molar-refractivity contribution in [1.29, 1.82) is 0 Å². The molecule has 0 spiro atoms. The molecule has 1 aliphatic rings. The summed E-state index contributed by atoms with van der Waals surface area (Å²) in [7, 11) is 0. The Morgan fingerprint density at radius 3 is 2.90 bits per heavy atom. The molecule has 0 saturated heterocycles. The van der Waals surface area contributed by atoms with E-state index in [-0.39, 0.29) is 0 Å². The summed E-state index contributed by atoms with van der Waals surface area (Å²) in [4.78, 5) is 1.37. The molecule has 1 heterocycles. The molecule has 1 saturated carbocycles. The molecule has 114 valence electrons. The number of hydrogen-bond donors (Lipinski definition) is 1. The van der Waals surface area contributed by atoms with Gasteiger partial charge in [-0.25, -0.2) is 0 Å². The molecule has 1 aromatic heterocycles. The first-order chi connectivity index (χ1) is 9.44. The summed E-state index contributed by atoms with van der Waals surface area (Å²) in [6.45, 7) is 9.77. The van der Waals surface area contributed by atoms with Gasteiger partial charge in [-0.1, -0.05) is 20.8 Å². The van der Waals surface area contributed by atoms with Crippen molar-refractivity contribution in [1.82, 2.24) is 5.32 Å². The number of halogens is 1. The summed E-state index contributed by atoms with van der Waals surface area (Å²) in [6.07, 6.45) is 4.21. The van der Waals surface area contributed by atoms with E-state index in [1.807, 2.05) is 0 Å². The topological polar surface area (TPSA) is 21.3 Å². The van der Waals surface area contributed by atoms with E-state index in [0.717, 1.165) is 25.6 Å². The second kappa shape index (κ2) is 7.39. The van der Waals surface area contributed by atoms with Crippen LogP contribution >= 0.6 is 27.3 Å². The van der Waals surface area contributed by atoms with Gasteiger partial charge in [0, 0.05) is 27.8 Å². The minimum atomic E-state index is 0.443. The number of nitrogens with one attached hydrogen (secondary N) is 1. The fourth-order valence-corrected chi connectivity index (χ4v) is 4.76. The first-order valence-corrected chi connectivity index (χ1v) is 9.17. The minimum Gasteiger partial charge on any atom is -0.377 e. The van der Waals surface area contributed by atoms with Crippen LogP contribution < -0.4 is 5.32 Å². The fourth-order valence-electron chi connectivity index (χ4n) is 3.34. The molecule has 0 bridgehead atoms. The van der Waals surface area contributed by atoms with Gasteiger partial charge in [-0.3, -0.25) is 0 Å². The predicted octanol–water partition coefficient (Wildman–Crippen LogP) is 4.83. The number of ether oxygens (including phenoxy) is 1. The molecule has 4 heteroatoms. The first kappa shape index (κ1) is 16.5. The molecular formula is C16H26BrNOS. The van der Waals surface area contributed by atoms with E-state index in [9.17, 15) is 0 Å². The Morgan fingerprint density at radius 1 is 1.45 bits per heavy atom. The van der Waals surface area contributed by atoms with Gasteiger partial charge in [0.2, 0.25) is 0 Å². The molecule has 1 N–H and O–H groups in total. The first-order valence-electron chi connectivity index (χ1n) is 7.50. The summed E-state index contributed by atoms with van der Waals surface area (Å²) in [5.74, 6) is 0.792. The molecular weight excluding hydrogens is 334 g/mol. The van der Waals surface area contributed by atoms with E-state index in [1.54, 1.807) is 11.3 Å². The van der Waals surface area contributed by atoms with E-state index in [2.05, 4.69) is 53.5 Å². The summed E-state index contributed by atoms with van der Waals surface area (Å²) < 4.78 is 7.24. The third-order valence-electron chi connectivity index (χ3n) is 3.90. The largest absolute Gasteiger partial charge is 0.377 e. The fraction of sp³-hybridized carbons (Fsp3) is 0.750. The van der Waals surface area contributed by atoms with Crippen LogP contribution in [-0.4, -0.2) is 19.3 Å². The maximum absolute atomic E-state index is 6.06.